The van der Waals surface area contributed by atoms with Crippen LogP contribution in [0.5, 0.6) is 0 Å². The maximum atomic E-state index is 11.5. The summed E-state index contributed by atoms with van der Waals surface area (Å²) in [6, 6.07) is 0. The Bertz CT molecular complexity index is 581. The summed E-state index contributed by atoms with van der Waals surface area (Å²) in [5, 5.41) is 30.9. The van der Waals surface area contributed by atoms with Gasteiger partial charge in [-0.1, -0.05) is 0 Å². The first kappa shape index (κ1) is 41.2. The minimum atomic E-state index is -2.61. The molecule has 0 aromatic carbocycles. The molecule has 0 unspecified atom stereocenters. The van der Waals surface area contributed by atoms with Crippen molar-refractivity contribution in [3.63, 3.8) is 0 Å². The van der Waals surface area contributed by atoms with Gasteiger partial charge in [0.15, 0.2) is 0 Å². The van der Waals surface area contributed by atoms with Crippen LogP contribution in [-0.2, 0) is 37.6 Å². The van der Waals surface area contributed by atoms with Gasteiger partial charge in [0.05, 0.1) is 23.6 Å². The molecule has 0 N–H and O–H groups in total. The molecular weight excluding hydrogens is 764 g/mol. The van der Waals surface area contributed by atoms with Crippen molar-refractivity contribution >= 4 is 104 Å². The van der Waals surface area contributed by atoms with Crippen LogP contribution in [0.1, 0.15) is 0 Å². The Morgan fingerprint density at radius 3 is 0.632 bits per heavy atom. The van der Waals surface area contributed by atoms with E-state index in [1.54, 1.807) is 0 Å². The molecule has 1 fully saturated rings. The fraction of sp³-hybridized carbons (Fsp3) is 0.750. The number of halogens is 8. The van der Waals surface area contributed by atoms with Crippen molar-refractivity contribution in [1.82, 2.24) is 0 Å². The van der Waals surface area contributed by atoms with Gasteiger partial charge in [-0.2, -0.15) is 52.4 Å². The van der Waals surface area contributed by atoms with E-state index < -0.39 is 42.0 Å². The molecule has 12 nitrogen and oxygen atoms in total. The van der Waals surface area contributed by atoms with Gasteiger partial charge in [0.2, 0.25) is 0 Å². The second kappa shape index (κ2) is 25.8. The van der Waals surface area contributed by atoms with Crippen molar-refractivity contribution in [3.8, 4) is 0 Å². The molecule has 1 aliphatic heterocycles. The first-order valence-electron chi connectivity index (χ1n) is 10.1. The SMILES string of the molecule is O=C1[N-]CC[N-]CC[N-]CC[N-]C(=O)C(=O)[N-]CC[N-]CC[N-]CC[N-]C1=O.[Cl][Fe]([Cl])([Cl])[Cl].[Cl][Fe]([Cl])([Cl])[Cl]. The van der Waals surface area contributed by atoms with Crippen molar-refractivity contribution in [1.29, 1.82) is 0 Å². The third-order valence-electron chi connectivity index (χ3n) is 3.25. The summed E-state index contributed by atoms with van der Waals surface area (Å²) < 4.78 is 0. The van der Waals surface area contributed by atoms with E-state index >= 15 is 0 Å². The average Bonchev–Trinajstić information content (AvgIpc) is 2.78. The van der Waals surface area contributed by atoms with Gasteiger partial charge in [-0.15, -0.1) is 26.2 Å². The van der Waals surface area contributed by atoms with Crippen LogP contribution in [0, 0.1) is 0 Å². The Balaban J connectivity index is 0. The second-order valence-corrected chi connectivity index (χ2v) is 27.9. The molecule has 0 bridgehead atoms. The summed E-state index contributed by atoms with van der Waals surface area (Å²) in [6.07, 6.45) is 0. The van der Waals surface area contributed by atoms with Crippen molar-refractivity contribution in [3.05, 3.63) is 42.5 Å². The zero-order valence-electron chi connectivity index (χ0n) is 19.4. The zero-order valence-corrected chi connectivity index (χ0v) is 27.7. The molecule has 4 amide bonds. The molecule has 22 heteroatoms. The Hall–Kier alpha value is 1.08. The van der Waals surface area contributed by atoms with Crippen molar-refractivity contribution in [2.45, 2.75) is 0 Å². The van der Waals surface area contributed by atoms with E-state index in [9.17, 15) is 19.2 Å². The van der Waals surface area contributed by atoms with Crippen LogP contribution < -0.4 is 0 Å². The summed E-state index contributed by atoms with van der Waals surface area (Å²) in [5.41, 5.74) is 0. The Kier molecular flexibility index (Phi) is 27.9. The molecule has 0 spiro atoms. The molecular formula is C16H24Cl8Fe2N8O4-8. The number of nitrogens with zero attached hydrogens (tertiary/aromatic N) is 8. The molecule has 1 aliphatic rings. The number of carbonyl (C=O) groups is 4. The van der Waals surface area contributed by atoms with E-state index in [1.165, 1.54) is 0 Å². The van der Waals surface area contributed by atoms with Gasteiger partial charge in [-0.05, 0) is 0 Å². The third-order valence-corrected chi connectivity index (χ3v) is 3.25. The van der Waals surface area contributed by atoms with Crippen molar-refractivity contribution in [2.75, 3.05) is 78.5 Å². The number of carbonyl (C=O) groups excluding carboxylic acids is 4. The van der Waals surface area contributed by atoms with Gasteiger partial charge >= 0.3 is 99.2 Å². The van der Waals surface area contributed by atoms with E-state index in [-0.39, 0.29) is 26.2 Å². The molecule has 0 aromatic rings. The van der Waals surface area contributed by atoms with Crippen LogP contribution in [0.4, 0.5) is 0 Å². The summed E-state index contributed by atoms with van der Waals surface area (Å²) in [7, 11) is 34.4. The van der Waals surface area contributed by atoms with Gasteiger partial charge in [0.1, 0.15) is 0 Å². The standard InChI is InChI=1S/C16H28N8O4.8ClH.2Fe/c25-13-14(26)23-11-7-19-3-4-20-8-12-24-16(28)15(27)22-10-6-18-2-1-17-5-9-21-13;;;;;;;;;;/h1-12H2,(H4,21,22,23,24,25,26,27,28);8*1H;;/q-4;;;;;;;;;2*+4/p-12. The van der Waals surface area contributed by atoms with Gasteiger partial charge in [0, 0.05) is 0 Å². The fourth-order valence-electron chi connectivity index (χ4n) is 1.89. The molecule has 1 heterocycles. The monoisotopic (exact) mass is 784 g/mol. The Morgan fingerprint density at radius 2 is 0.474 bits per heavy atom. The predicted molar refractivity (Wildman–Crippen MR) is 152 cm³/mol. The van der Waals surface area contributed by atoms with Crippen LogP contribution >= 0.6 is 80.8 Å². The number of rotatable bonds is 0. The molecule has 0 radical (unpaired) electrons. The first-order valence-corrected chi connectivity index (χ1v) is 22.2. The van der Waals surface area contributed by atoms with Crippen molar-refractivity contribution in [2.24, 2.45) is 0 Å². The molecule has 0 atom stereocenters. The van der Waals surface area contributed by atoms with Gasteiger partial charge in [0.25, 0.3) is 0 Å². The number of amides is 4. The molecule has 0 aliphatic carbocycles. The molecule has 0 saturated carbocycles. The summed E-state index contributed by atoms with van der Waals surface area (Å²) in [4.78, 5) is 45.9. The second-order valence-electron chi connectivity index (χ2n) is 6.04. The fourth-order valence-corrected chi connectivity index (χ4v) is 1.89. The molecule has 0 aromatic heterocycles. The maximum absolute atomic E-state index is 11.5. The third kappa shape index (κ3) is 39.2. The molecule has 1 saturated heterocycles. The van der Waals surface area contributed by atoms with Crippen LogP contribution in [0.2, 0.25) is 0 Å². The minimum absolute atomic E-state index is 0.113. The van der Waals surface area contributed by atoms with Crippen LogP contribution in [0.3, 0.4) is 0 Å². The number of hydrogen-bond donors (Lipinski definition) is 0. The van der Waals surface area contributed by atoms with E-state index in [2.05, 4.69) is 42.5 Å². The van der Waals surface area contributed by atoms with Gasteiger partial charge < -0.3 is 61.7 Å². The van der Waals surface area contributed by atoms with E-state index in [0.717, 1.165) is 0 Å². The van der Waals surface area contributed by atoms with E-state index in [4.69, 9.17) is 80.8 Å². The molecule has 38 heavy (non-hydrogen) atoms. The quantitative estimate of drug-likeness (QED) is 0.198. The van der Waals surface area contributed by atoms with Gasteiger partial charge in [-0.25, -0.2) is 0 Å². The zero-order chi connectivity index (χ0) is 29.5. The molecule has 1 rings (SSSR count). The predicted octanol–water partition coefficient (Wildman–Crippen LogP) is 6.61. The first-order chi connectivity index (χ1) is 17.6. The summed E-state index contributed by atoms with van der Waals surface area (Å²) in [6.45, 7) is 3.34. The summed E-state index contributed by atoms with van der Waals surface area (Å²) >= 11 is 0. The van der Waals surface area contributed by atoms with Crippen LogP contribution in [-0.4, -0.2) is 102 Å². The van der Waals surface area contributed by atoms with E-state index in [1.807, 2.05) is 0 Å². The van der Waals surface area contributed by atoms with Gasteiger partial charge in [-0.3, -0.25) is 0 Å². The average molecular weight is 788 g/mol. The normalized spacial score (nSPS) is 19.8. The summed E-state index contributed by atoms with van der Waals surface area (Å²) in [5.74, 6) is -3.52. The topological polar surface area (TPSA) is 181 Å². The molecule has 232 valence electrons. The van der Waals surface area contributed by atoms with Crippen LogP contribution in [0.15, 0.2) is 0 Å². The number of hydrogen-bond acceptors (Lipinski definition) is 4. The van der Waals surface area contributed by atoms with Crippen LogP contribution in [0.25, 0.3) is 42.5 Å². The Morgan fingerprint density at radius 1 is 0.342 bits per heavy atom. The Labute approximate surface area is 260 Å². The van der Waals surface area contributed by atoms with E-state index in [0.29, 0.717) is 52.4 Å². The van der Waals surface area contributed by atoms with Crippen molar-refractivity contribution < 1.29 is 37.6 Å².